The zero-order valence-electron chi connectivity index (χ0n) is 15.4. The predicted molar refractivity (Wildman–Crippen MR) is 112 cm³/mol. The highest BCUT2D eigenvalue weighted by Crippen LogP contribution is 2.40. The Morgan fingerprint density at radius 1 is 1.03 bits per heavy atom. The zero-order chi connectivity index (χ0) is 20.1. The number of aryl methyl sites for hydroxylation is 1. The van der Waals surface area contributed by atoms with Crippen LogP contribution in [0, 0.1) is 6.92 Å². The van der Waals surface area contributed by atoms with Crippen molar-refractivity contribution in [1.82, 2.24) is 4.98 Å². The average Bonchev–Trinajstić information content (AvgIpc) is 3.02. The summed E-state index contributed by atoms with van der Waals surface area (Å²) in [5, 5.41) is 0.969. The zero-order valence-corrected chi connectivity index (χ0v) is 16.2. The van der Waals surface area contributed by atoms with E-state index in [2.05, 4.69) is 4.98 Å². The molecule has 29 heavy (non-hydrogen) atoms. The second-order valence-electron chi connectivity index (χ2n) is 6.99. The van der Waals surface area contributed by atoms with Crippen molar-refractivity contribution in [1.29, 1.82) is 0 Å². The third kappa shape index (κ3) is 2.74. The van der Waals surface area contributed by atoms with Gasteiger partial charge in [0.05, 0.1) is 17.0 Å². The van der Waals surface area contributed by atoms with Crippen LogP contribution in [0.5, 0.6) is 0 Å². The number of halogens is 1. The van der Waals surface area contributed by atoms with E-state index in [-0.39, 0.29) is 11.2 Å². The summed E-state index contributed by atoms with van der Waals surface area (Å²) in [5.41, 5.74) is 2.13. The van der Waals surface area contributed by atoms with Gasteiger partial charge < -0.3 is 4.42 Å². The molecule has 0 unspecified atom stereocenters. The number of amides is 1. The fourth-order valence-electron chi connectivity index (χ4n) is 3.81. The quantitative estimate of drug-likeness (QED) is 0.478. The summed E-state index contributed by atoms with van der Waals surface area (Å²) in [6.45, 7) is 1.91. The number of fused-ring (bicyclic) bond motifs is 2. The maximum Gasteiger partial charge on any atom is 0.296 e. The van der Waals surface area contributed by atoms with Crippen LogP contribution < -0.4 is 10.3 Å². The second kappa shape index (κ2) is 6.57. The summed E-state index contributed by atoms with van der Waals surface area (Å²) in [4.78, 5) is 32.6. The van der Waals surface area contributed by atoms with Crippen LogP contribution in [0.2, 0.25) is 5.02 Å². The first-order chi connectivity index (χ1) is 14.0. The molecule has 0 saturated carbocycles. The summed E-state index contributed by atoms with van der Waals surface area (Å²) in [7, 11) is 0. The third-order valence-electron chi connectivity index (χ3n) is 5.09. The molecule has 5 rings (SSSR count). The lowest BCUT2D eigenvalue weighted by atomic mass is 9.98. The molecule has 5 nitrogen and oxygen atoms in total. The number of carbonyl (C=O) groups is 1. The number of benzene rings is 2. The topological polar surface area (TPSA) is 63.4 Å². The van der Waals surface area contributed by atoms with Gasteiger partial charge in [0.2, 0.25) is 5.76 Å². The van der Waals surface area contributed by atoms with E-state index < -0.39 is 11.9 Å². The Balaban J connectivity index is 1.84. The van der Waals surface area contributed by atoms with Crippen molar-refractivity contribution in [3.05, 3.63) is 105 Å². The van der Waals surface area contributed by atoms with E-state index in [1.807, 2.05) is 19.1 Å². The fraction of sp³-hybridized carbons (Fsp3) is 0.0870. The van der Waals surface area contributed by atoms with E-state index in [1.54, 1.807) is 54.7 Å². The van der Waals surface area contributed by atoms with E-state index in [1.165, 1.54) is 4.90 Å². The first-order valence-corrected chi connectivity index (χ1v) is 9.50. The molecule has 0 saturated heterocycles. The predicted octanol–water partition coefficient (Wildman–Crippen LogP) is 4.90. The maximum absolute atomic E-state index is 13.5. The average molecular weight is 403 g/mol. The number of aromatic nitrogens is 1. The number of hydrogen-bond acceptors (Lipinski definition) is 4. The number of rotatable bonds is 2. The van der Waals surface area contributed by atoms with Crippen molar-refractivity contribution in [3.63, 3.8) is 0 Å². The van der Waals surface area contributed by atoms with E-state index in [9.17, 15) is 9.59 Å². The lowest BCUT2D eigenvalue weighted by Gasteiger charge is -2.24. The molecular formula is C23H15ClN2O3. The minimum Gasteiger partial charge on any atom is -0.450 e. The van der Waals surface area contributed by atoms with Crippen molar-refractivity contribution < 1.29 is 9.21 Å². The molecule has 6 heteroatoms. The summed E-state index contributed by atoms with van der Waals surface area (Å²) in [6.07, 6.45) is 1.61. The van der Waals surface area contributed by atoms with Gasteiger partial charge in [-0.25, -0.2) is 4.98 Å². The summed E-state index contributed by atoms with van der Waals surface area (Å²) >= 11 is 6.22. The van der Waals surface area contributed by atoms with Gasteiger partial charge in [0.15, 0.2) is 5.43 Å². The molecular weight excluding hydrogens is 388 g/mol. The Hall–Kier alpha value is -3.44. The molecule has 142 valence electrons. The highest BCUT2D eigenvalue weighted by molar-refractivity contribution is 6.30. The standard InChI is InChI=1S/C23H15ClN2O3/c1-13-8-9-17-16(11-13)21(27)19-20(14-5-4-6-15(24)12-14)26(23(28)22(19)29-17)18-7-2-3-10-25-18/h2-12,20H,1H3/t20-/m0/s1. The van der Waals surface area contributed by atoms with Gasteiger partial charge in [-0.1, -0.05) is 41.4 Å². The molecule has 1 amide bonds. The Labute approximate surface area is 171 Å². The van der Waals surface area contributed by atoms with Gasteiger partial charge in [-0.3, -0.25) is 14.5 Å². The van der Waals surface area contributed by atoms with Crippen LogP contribution in [-0.4, -0.2) is 10.9 Å². The second-order valence-corrected chi connectivity index (χ2v) is 7.43. The Morgan fingerprint density at radius 3 is 2.66 bits per heavy atom. The van der Waals surface area contributed by atoms with Gasteiger partial charge in [-0.15, -0.1) is 0 Å². The molecule has 1 aliphatic rings. The van der Waals surface area contributed by atoms with Gasteiger partial charge >= 0.3 is 0 Å². The number of hydrogen-bond donors (Lipinski definition) is 0. The Bertz CT molecular complexity index is 1330. The Morgan fingerprint density at radius 2 is 1.90 bits per heavy atom. The van der Waals surface area contributed by atoms with Crippen LogP contribution in [0.3, 0.4) is 0 Å². The number of carbonyl (C=O) groups excluding carboxylic acids is 1. The van der Waals surface area contributed by atoms with E-state index in [0.29, 0.717) is 27.4 Å². The highest BCUT2D eigenvalue weighted by atomic mass is 35.5. The van der Waals surface area contributed by atoms with Gasteiger partial charge in [-0.2, -0.15) is 0 Å². The normalized spacial score (nSPS) is 15.7. The molecule has 4 aromatic rings. The monoisotopic (exact) mass is 402 g/mol. The Kier molecular flexibility index (Phi) is 4.00. The number of nitrogens with zero attached hydrogens (tertiary/aromatic N) is 2. The molecule has 0 spiro atoms. The van der Waals surface area contributed by atoms with Crippen LogP contribution >= 0.6 is 11.6 Å². The van der Waals surface area contributed by atoms with Crippen molar-refractivity contribution in [2.45, 2.75) is 13.0 Å². The minimum absolute atomic E-state index is 0.0435. The summed E-state index contributed by atoms with van der Waals surface area (Å²) < 4.78 is 5.93. The molecule has 2 aromatic heterocycles. The van der Waals surface area contributed by atoms with Crippen molar-refractivity contribution in [2.24, 2.45) is 0 Å². The largest absolute Gasteiger partial charge is 0.450 e. The summed E-state index contributed by atoms with van der Waals surface area (Å²) in [5.74, 6) is 0.0822. The van der Waals surface area contributed by atoms with Crippen LogP contribution in [0.15, 0.2) is 76.1 Å². The van der Waals surface area contributed by atoms with E-state index in [4.69, 9.17) is 16.0 Å². The summed E-state index contributed by atoms with van der Waals surface area (Å²) in [6, 6.07) is 17.1. The van der Waals surface area contributed by atoms with Gasteiger partial charge in [0.1, 0.15) is 11.4 Å². The van der Waals surface area contributed by atoms with Gasteiger partial charge in [0.25, 0.3) is 5.91 Å². The molecule has 0 radical (unpaired) electrons. The van der Waals surface area contributed by atoms with E-state index >= 15 is 0 Å². The lowest BCUT2D eigenvalue weighted by molar-refractivity contribution is 0.0970. The number of anilines is 1. The number of pyridine rings is 1. The first-order valence-electron chi connectivity index (χ1n) is 9.12. The molecule has 2 aromatic carbocycles. The lowest BCUT2D eigenvalue weighted by Crippen LogP contribution is -2.30. The molecule has 1 aliphatic heterocycles. The maximum atomic E-state index is 13.5. The molecule has 0 aliphatic carbocycles. The SMILES string of the molecule is Cc1ccc2oc3c(c(=O)c2c1)[C@H](c1cccc(Cl)c1)N(c1ccccn1)C3=O. The van der Waals surface area contributed by atoms with Crippen LogP contribution in [0.1, 0.15) is 33.3 Å². The van der Waals surface area contributed by atoms with Crippen LogP contribution in [0.25, 0.3) is 11.0 Å². The van der Waals surface area contributed by atoms with E-state index in [0.717, 1.165) is 11.1 Å². The van der Waals surface area contributed by atoms with Gasteiger partial charge in [-0.05, 0) is 48.9 Å². The first kappa shape index (κ1) is 17.6. The molecule has 0 fully saturated rings. The molecule has 0 N–H and O–H groups in total. The molecule has 3 heterocycles. The van der Waals surface area contributed by atoms with Crippen LogP contribution in [-0.2, 0) is 0 Å². The minimum atomic E-state index is -0.674. The third-order valence-corrected chi connectivity index (χ3v) is 5.32. The van der Waals surface area contributed by atoms with Crippen molar-refractivity contribution >= 4 is 34.3 Å². The van der Waals surface area contributed by atoms with Crippen molar-refractivity contribution in [3.8, 4) is 0 Å². The molecule has 0 bridgehead atoms. The fourth-order valence-corrected chi connectivity index (χ4v) is 4.01. The van der Waals surface area contributed by atoms with Crippen molar-refractivity contribution in [2.75, 3.05) is 4.90 Å². The van der Waals surface area contributed by atoms with Crippen LogP contribution in [0.4, 0.5) is 5.82 Å². The van der Waals surface area contributed by atoms with Gasteiger partial charge in [0, 0.05) is 11.2 Å². The smallest absolute Gasteiger partial charge is 0.296 e. The molecule has 1 atom stereocenters. The highest BCUT2D eigenvalue weighted by Gasteiger charge is 2.44.